The van der Waals surface area contributed by atoms with Gasteiger partial charge in [0.25, 0.3) is 0 Å². The second kappa shape index (κ2) is 4.97. The summed E-state index contributed by atoms with van der Waals surface area (Å²) in [5.74, 6) is 1.17. The lowest BCUT2D eigenvalue weighted by Crippen LogP contribution is -2.02. The zero-order valence-electron chi connectivity index (χ0n) is 11.0. The lowest BCUT2D eigenvalue weighted by atomic mass is 10.2. The fraction of sp³-hybridized carbons (Fsp3) is 0.154. The molecule has 3 rings (SSSR count). The van der Waals surface area contributed by atoms with Gasteiger partial charge in [-0.2, -0.15) is 15.1 Å². The first kappa shape index (κ1) is 12.7. The summed E-state index contributed by atoms with van der Waals surface area (Å²) in [6.07, 6.45) is 1.68. The summed E-state index contributed by atoms with van der Waals surface area (Å²) >= 11 is 6.23. The highest BCUT2D eigenvalue weighted by atomic mass is 35.5. The molecule has 0 fully saturated rings. The zero-order chi connectivity index (χ0) is 14.1. The third kappa shape index (κ3) is 2.14. The van der Waals surface area contributed by atoms with Crippen molar-refractivity contribution in [3.05, 3.63) is 35.0 Å². The Hall–Kier alpha value is -2.34. The van der Waals surface area contributed by atoms with Crippen molar-refractivity contribution in [1.82, 2.24) is 20.2 Å². The molecule has 0 aliphatic carbocycles. The first-order valence-electron chi connectivity index (χ1n) is 6.10. The third-order valence-corrected chi connectivity index (χ3v) is 3.31. The Morgan fingerprint density at radius 2 is 2.10 bits per heavy atom. The van der Waals surface area contributed by atoms with Crippen molar-refractivity contribution in [2.24, 2.45) is 0 Å². The Labute approximate surface area is 120 Å². The summed E-state index contributed by atoms with van der Waals surface area (Å²) in [7, 11) is 1.77. The smallest absolute Gasteiger partial charge is 0.226 e. The molecule has 20 heavy (non-hydrogen) atoms. The number of benzene rings is 1. The lowest BCUT2D eigenvalue weighted by molar-refractivity contribution is 1.09. The molecule has 0 saturated heterocycles. The van der Waals surface area contributed by atoms with Crippen LogP contribution in [0.5, 0.6) is 0 Å². The van der Waals surface area contributed by atoms with E-state index in [4.69, 9.17) is 11.6 Å². The van der Waals surface area contributed by atoms with Crippen molar-refractivity contribution < 1.29 is 0 Å². The number of hydrogen-bond donors (Lipinski definition) is 3. The van der Waals surface area contributed by atoms with E-state index in [0.717, 1.165) is 16.6 Å². The maximum atomic E-state index is 6.23. The monoisotopic (exact) mass is 288 g/mol. The summed E-state index contributed by atoms with van der Waals surface area (Å²) < 4.78 is 0. The predicted octanol–water partition coefficient (Wildman–Crippen LogP) is 3.10. The lowest BCUT2D eigenvalue weighted by Gasteiger charge is -2.12. The summed E-state index contributed by atoms with van der Waals surface area (Å²) in [6.45, 7) is 1.99. The van der Waals surface area contributed by atoms with Gasteiger partial charge in [0, 0.05) is 7.05 Å². The molecule has 0 bridgehead atoms. The van der Waals surface area contributed by atoms with Crippen LogP contribution in [-0.2, 0) is 0 Å². The molecule has 1 aromatic carbocycles. The van der Waals surface area contributed by atoms with E-state index < -0.39 is 0 Å². The van der Waals surface area contributed by atoms with Crippen LogP contribution < -0.4 is 10.6 Å². The largest absolute Gasteiger partial charge is 0.357 e. The number of halogens is 1. The first-order valence-corrected chi connectivity index (χ1v) is 6.48. The molecule has 0 aliphatic rings. The molecule has 0 unspecified atom stereocenters. The molecule has 3 N–H and O–H groups in total. The number of para-hydroxylation sites is 1. The minimum absolute atomic E-state index is 0.508. The molecule has 3 aromatic rings. The normalized spacial score (nSPS) is 10.8. The van der Waals surface area contributed by atoms with E-state index in [1.54, 1.807) is 13.2 Å². The number of fused-ring (bicyclic) bond motifs is 1. The number of anilines is 3. The molecule has 0 radical (unpaired) electrons. The van der Waals surface area contributed by atoms with Crippen molar-refractivity contribution in [3.8, 4) is 0 Å². The van der Waals surface area contributed by atoms with E-state index in [0.29, 0.717) is 22.4 Å². The standard InChI is InChI=1S/C13H13ClN6/c1-7-4-3-5-9(14)10(7)17-11-8-6-16-20-12(8)19-13(15-2)18-11/h3-6H,1-2H3,(H3,15,16,17,18,19,20). The number of hydrogen-bond acceptors (Lipinski definition) is 5. The van der Waals surface area contributed by atoms with Crippen LogP contribution in [0.15, 0.2) is 24.4 Å². The number of rotatable bonds is 3. The highest BCUT2D eigenvalue weighted by molar-refractivity contribution is 6.33. The zero-order valence-corrected chi connectivity index (χ0v) is 11.8. The maximum Gasteiger partial charge on any atom is 0.226 e. The van der Waals surface area contributed by atoms with Gasteiger partial charge in [-0.3, -0.25) is 5.10 Å². The van der Waals surface area contributed by atoms with Gasteiger partial charge in [-0.1, -0.05) is 23.7 Å². The second-order valence-electron chi connectivity index (χ2n) is 4.33. The van der Waals surface area contributed by atoms with Crippen LogP contribution in [0.4, 0.5) is 17.5 Å². The average Bonchev–Trinajstić information content (AvgIpc) is 2.91. The number of aromatic amines is 1. The number of nitrogens with one attached hydrogen (secondary N) is 3. The van der Waals surface area contributed by atoms with Crippen LogP contribution in [0.2, 0.25) is 5.02 Å². The molecule has 6 nitrogen and oxygen atoms in total. The summed E-state index contributed by atoms with van der Waals surface area (Å²) in [5, 5.41) is 14.5. The van der Waals surface area contributed by atoms with Gasteiger partial charge in [0.2, 0.25) is 5.95 Å². The van der Waals surface area contributed by atoms with Gasteiger partial charge in [-0.25, -0.2) is 0 Å². The van der Waals surface area contributed by atoms with E-state index >= 15 is 0 Å². The number of H-pyrrole nitrogens is 1. The van der Waals surface area contributed by atoms with E-state index in [1.165, 1.54) is 0 Å². The number of aryl methyl sites for hydroxylation is 1. The maximum absolute atomic E-state index is 6.23. The van der Waals surface area contributed by atoms with Crippen molar-refractivity contribution >= 4 is 40.1 Å². The molecular weight excluding hydrogens is 276 g/mol. The predicted molar refractivity (Wildman–Crippen MR) is 80.7 cm³/mol. The molecule has 7 heteroatoms. The average molecular weight is 289 g/mol. The topological polar surface area (TPSA) is 78.5 Å². The Balaban J connectivity index is 2.12. The van der Waals surface area contributed by atoms with Crippen molar-refractivity contribution in [2.75, 3.05) is 17.7 Å². The SMILES string of the molecule is CNc1nc(Nc2c(C)cccc2Cl)c2cn[nH]c2n1. The molecule has 102 valence electrons. The van der Waals surface area contributed by atoms with Crippen LogP contribution in [-0.4, -0.2) is 27.2 Å². The van der Waals surface area contributed by atoms with Crippen LogP contribution in [0.1, 0.15) is 5.56 Å². The van der Waals surface area contributed by atoms with E-state index in [2.05, 4.69) is 30.8 Å². The van der Waals surface area contributed by atoms with Crippen LogP contribution in [0.25, 0.3) is 11.0 Å². The highest BCUT2D eigenvalue weighted by Crippen LogP contribution is 2.30. The van der Waals surface area contributed by atoms with Gasteiger partial charge in [0.1, 0.15) is 5.82 Å². The summed E-state index contributed by atoms with van der Waals surface area (Å²) in [5.41, 5.74) is 2.53. The van der Waals surface area contributed by atoms with Crippen LogP contribution in [0.3, 0.4) is 0 Å². The van der Waals surface area contributed by atoms with Gasteiger partial charge >= 0.3 is 0 Å². The van der Waals surface area contributed by atoms with Crippen molar-refractivity contribution in [1.29, 1.82) is 0 Å². The molecule has 2 heterocycles. The molecular formula is C13H13ClN6. The number of aromatic nitrogens is 4. The molecule has 0 aliphatic heterocycles. The fourth-order valence-corrected chi connectivity index (χ4v) is 2.22. The third-order valence-electron chi connectivity index (χ3n) is 3.00. The molecule has 0 saturated carbocycles. The molecule has 2 aromatic heterocycles. The Morgan fingerprint density at radius 3 is 2.85 bits per heavy atom. The highest BCUT2D eigenvalue weighted by Gasteiger charge is 2.11. The van der Waals surface area contributed by atoms with Crippen LogP contribution >= 0.6 is 11.6 Å². The van der Waals surface area contributed by atoms with Crippen LogP contribution in [0, 0.1) is 6.92 Å². The summed E-state index contributed by atoms with van der Waals surface area (Å²) in [4.78, 5) is 8.70. The Bertz CT molecular complexity index is 746. The van der Waals surface area contributed by atoms with Crippen molar-refractivity contribution in [3.63, 3.8) is 0 Å². The van der Waals surface area contributed by atoms with Gasteiger partial charge in [0.05, 0.1) is 22.3 Å². The minimum Gasteiger partial charge on any atom is -0.357 e. The van der Waals surface area contributed by atoms with Gasteiger partial charge in [-0.15, -0.1) is 0 Å². The van der Waals surface area contributed by atoms with Crippen molar-refractivity contribution in [2.45, 2.75) is 6.92 Å². The fourth-order valence-electron chi connectivity index (χ4n) is 1.95. The van der Waals surface area contributed by atoms with Gasteiger partial charge in [0.15, 0.2) is 5.65 Å². The molecule has 0 spiro atoms. The van der Waals surface area contributed by atoms with Gasteiger partial charge < -0.3 is 10.6 Å². The van der Waals surface area contributed by atoms with E-state index in [-0.39, 0.29) is 0 Å². The van der Waals surface area contributed by atoms with E-state index in [9.17, 15) is 0 Å². The van der Waals surface area contributed by atoms with Gasteiger partial charge in [-0.05, 0) is 18.6 Å². The second-order valence-corrected chi connectivity index (χ2v) is 4.74. The Kier molecular flexibility index (Phi) is 3.15. The Morgan fingerprint density at radius 1 is 1.25 bits per heavy atom. The van der Waals surface area contributed by atoms with E-state index in [1.807, 2.05) is 25.1 Å². The quantitative estimate of drug-likeness (QED) is 0.690. The molecule has 0 atom stereocenters. The first-order chi connectivity index (χ1) is 9.69. The number of nitrogens with zero attached hydrogens (tertiary/aromatic N) is 3. The molecule has 0 amide bonds. The minimum atomic E-state index is 0.508. The summed E-state index contributed by atoms with van der Waals surface area (Å²) in [6, 6.07) is 5.74.